The van der Waals surface area contributed by atoms with Crippen LogP contribution >= 0.6 is 0 Å². The maximum atomic E-state index is 13.0. The molecule has 3 rings (SSSR count). The molecule has 1 atom stereocenters. The van der Waals surface area contributed by atoms with Gasteiger partial charge in [-0.15, -0.1) is 6.58 Å². The normalized spacial score (nSPS) is 20.5. The molecule has 6 nitrogen and oxygen atoms in total. The molecule has 0 bridgehead atoms. The number of aliphatic carboxylic acids is 1. The van der Waals surface area contributed by atoms with Gasteiger partial charge in [-0.25, -0.2) is 0 Å². The summed E-state index contributed by atoms with van der Waals surface area (Å²) in [6.07, 6.45) is 4.58. The summed E-state index contributed by atoms with van der Waals surface area (Å²) in [5.74, 6) is 0.137. The van der Waals surface area contributed by atoms with Gasteiger partial charge in [0.25, 0.3) is 5.91 Å². The van der Waals surface area contributed by atoms with E-state index in [4.69, 9.17) is 9.47 Å². The number of hydrogen-bond donors (Lipinski definition) is 1. The van der Waals surface area contributed by atoms with Crippen LogP contribution in [0.5, 0.6) is 11.5 Å². The quantitative estimate of drug-likeness (QED) is 0.791. The van der Waals surface area contributed by atoms with Crippen molar-refractivity contribution in [3.8, 4) is 11.5 Å². The van der Waals surface area contributed by atoms with Crippen molar-refractivity contribution in [2.45, 2.75) is 25.7 Å². The lowest BCUT2D eigenvalue weighted by atomic mass is 9.90. The van der Waals surface area contributed by atoms with Gasteiger partial charge in [0.2, 0.25) is 0 Å². The fraction of sp³-hybridized carbons (Fsp3) is 0.500. The minimum atomic E-state index is -0.710. The van der Waals surface area contributed by atoms with E-state index in [1.165, 1.54) is 0 Å². The molecule has 1 aliphatic heterocycles. The third-order valence-electron chi connectivity index (χ3n) is 5.70. The summed E-state index contributed by atoms with van der Waals surface area (Å²) >= 11 is 0. The molecular weight excluding hydrogens is 334 g/mol. The summed E-state index contributed by atoms with van der Waals surface area (Å²) in [4.78, 5) is 26.0. The summed E-state index contributed by atoms with van der Waals surface area (Å²) in [6, 6.07) is 3.53. The molecule has 1 aliphatic carbocycles. The minimum Gasteiger partial charge on any atom is -0.493 e. The van der Waals surface area contributed by atoms with Crippen LogP contribution < -0.4 is 9.47 Å². The molecule has 1 unspecified atom stereocenters. The van der Waals surface area contributed by atoms with E-state index in [9.17, 15) is 14.7 Å². The van der Waals surface area contributed by atoms with Crippen molar-refractivity contribution in [2.24, 2.45) is 11.3 Å². The first kappa shape index (κ1) is 18.3. The first-order chi connectivity index (χ1) is 12.5. The lowest BCUT2D eigenvalue weighted by Gasteiger charge is -2.33. The van der Waals surface area contributed by atoms with E-state index in [1.807, 2.05) is 6.07 Å². The summed E-state index contributed by atoms with van der Waals surface area (Å²) in [7, 11) is 3.12. The number of carboxylic acid groups (broad SMARTS) is 1. The Morgan fingerprint density at radius 2 is 2.00 bits per heavy atom. The van der Waals surface area contributed by atoms with Gasteiger partial charge in [0.05, 0.1) is 20.1 Å². The van der Waals surface area contributed by atoms with Gasteiger partial charge in [-0.05, 0) is 43.2 Å². The van der Waals surface area contributed by atoms with Crippen molar-refractivity contribution < 1.29 is 24.2 Å². The van der Waals surface area contributed by atoms with Crippen LogP contribution in [0.3, 0.4) is 0 Å². The Kier molecular flexibility index (Phi) is 4.94. The lowest BCUT2D eigenvalue weighted by Crippen LogP contribution is -2.40. The van der Waals surface area contributed by atoms with E-state index in [-0.39, 0.29) is 17.2 Å². The number of carbonyl (C=O) groups excluding carboxylic acids is 1. The van der Waals surface area contributed by atoms with Gasteiger partial charge in [0.1, 0.15) is 0 Å². The van der Waals surface area contributed by atoms with Crippen LogP contribution in [0.1, 0.15) is 35.2 Å². The molecule has 1 heterocycles. The number of rotatable bonds is 6. The van der Waals surface area contributed by atoms with E-state index < -0.39 is 5.97 Å². The second-order valence-corrected chi connectivity index (χ2v) is 7.11. The van der Waals surface area contributed by atoms with E-state index in [1.54, 1.807) is 31.3 Å². The van der Waals surface area contributed by atoms with Gasteiger partial charge in [-0.3, -0.25) is 9.59 Å². The average Bonchev–Trinajstić information content (AvgIpc) is 3.35. The fourth-order valence-electron chi connectivity index (χ4n) is 4.06. The summed E-state index contributed by atoms with van der Waals surface area (Å²) < 4.78 is 10.8. The van der Waals surface area contributed by atoms with Crippen LogP contribution in [0.25, 0.3) is 0 Å². The van der Waals surface area contributed by atoms with Crippen molar-refractivity contribution in [1.82, 2.24) is 4.90 Å². The van der Waals surface area contributed by atoms with E-state index in [2.05, 4.69) is 6.58 Å². The SMILES string of the molecule is C=CCc1cc(C(=O)N2CCC3(CC2)CC3C(=O)O)cc(OC)c1OC. The molecule has 1 amide bonds. The Hall–Kier alpha value is -2.50. The monoisotopic (exact) mass is 359 g/mol. The van der Waals surface area contributed by atoms with Crippen LogP contribution in [0.15, 0.2) is 24.8 Å². The molecule has 1 N–H and O–H groups in total. The number of ether oxygens (including phenoxy) is 2. The van der Waals surface area contributed by atoms with Gasteiger partial charge >= 0.3 is 5.97 Å². The van der Waals surface area contributed by atoms with Gasteiger partial charge < -0.3 is 19.5 Å². The van der Waals surface area contributed by atoms with Crippen molar-refractivity contribution in [3.05, 3.63) is 35.9 Å². The highest BCUT2D eigenvalue weighted by Crippen LogP contribution is 2.59. The zero-order valence-electron chi connectivity index (χ0n) is 15.3. The van der Waals surface area contributed by atoms with E-state index in [0.717, 1.165) is 24.8 Å². The molecule has 1 aromatic rings. The molecule has 26 heavy (non-hydrogen) atoms. The number of carbonyl (C=O) groups is 2. The number of methoxy groups -OCH3 is 2. The van der Waals surface area contributed by atoms with Crippen LogP contribution in [0.4, 0.5) is 0 Å². The summed E-state index contributed by atoms with van der Waals surface area (Å²) in [5.41, 5.74) is 1.32. The predicted molar refractivity (Wildman–Crippen MR) is 96.8 cm³/mol. The third kappa shape index (κ3) is 3.16. The number of hydrogen-bond acceptors (Lipinski definition) is 4. The van der Waals surface area contributed by atoms with Crippen LogP contribution in [-0.4, -0.2) is 49.2 Å². The van der Waals surface area contributed by atoms with Gasteiger partial charge in [0, 0.05) is 24.2 Å². The van der Waals surface area contributed by atoms with Crippen molar-refractivity contribution in [1.29, 1.82) is 0 Å². The molecule has 2 fully saturated rings. The van der Waals surface area contributed by atoms with Gasteiger partial charge in [-0.1, -0.05) is 6.08 Å². The van der Waals surface area contributed by atoms with Crippen molar-refractivity contribution >= 4 is 11.9 Å². The zero-order valence-corrected chi connectivity index (χ0v) is 15.3. The van der Waals surface area contributed by atoms with E-state index in [0.29, 0.717) is 36.6 Å². The molecular formula is C20H25NO5. The maximum absolute atomic E-state index is 13.0. The number of allylic oxidation sites excluding steroid dienone is 1. The Morgan fingerprint density at radius 3 is 2.50 bits per heavy atom. The number of nitrogens with zero attached hydrogens (tertiary/aromatic N) is 1. The number of likely N-dealkylation sites (tertiary alicyclic amines) is 1. The van der Waals surface area contributed by atoms with Crippen molar-refractivity contribution in [3.63, 3.8) is 0 Å². The summed E-state index contributed by atoms with van der Waals surface area (Å²) in [5, 5.41) is 9.20. The minimum absolute atomic E-state index is 0.0568. The largest absolute Gasteiger partial charge is 0.493 e. The first-order valence-electron chi connectivity index (χ1n) is 8.83. The van der Waals surface area contributed by atoms with E-state index >= 15 is 0 Å². The molecule has 1 spiro atoms. The first-order valence-corrected chi connectivity index (χ1v) is 8.83. The Morgan fingerprint density at radius 1 is 1.31 bits per heavy atom. The third-order valence-corrected chi connectivity index (χ3v) is 5.70. The maximum Gasteiger partial charge on any atom is 0.307 e. The highest BCUT2D eigenvalue weighted by atomic mass is 16.5. The van der Waals surface area contributed by atoms with Crippen molar-refractivity contribution in [2.75, 3.05) is 27.3 Å². The average molecular weight is 359 g/mol. The standard InChI is InChI=1S/C20H25NO5/c1-4-5-13-10-14(11-16(25-2)17(13)26-3)18(22)21-8-6-20(7-9-21)12-15(20)19(23)24/h4,10-11,15H,1,5-9,12H2,2-3H3,(H,23,24). The predicted octanol–water partition coefficient (Wildman–Crippen LogP) is 2.76. The van der Waals surface area contributed by atoms with Gasteiger partial charge in [-0.2, -0.15) is 0 Å². The van der Waals surface area contributed by atoms with Gasteiger partial charge in [0.15, 0.2) is 11.5 Å². The Bertz CT molecular complexity index is 734. The van der Waals surface area contributed by atoms with Crippen LogP contribution in [0, 0.1) is 11.3 Å². The molecule has 2 aliphatic rings. The highest BCUT2D eigenvalue weighted by Gasteiger charge is 2.59. The number of carboxylic acids is 1. The summed E-state index contributed by atoms with van der Waals surface area (Å²) in [6.45, 7) is 4.94. The zero-order chi connectivity index (χ0) is 18.9. The lowest BCUT2D eigenvalue weighted by molar-refractivity contribution is -0.139. The molecule has 6 heteroatoms. The molecule has 0 radical (unpaired) electrons. The highest BCUT2D eigenvalue weighted by molar-refractivity contribution is 5.95. The Labute approximate surface area is 153 Å². The molecule has 140 valence electrons. The molecule has 1 saturated carbocycles. The Balaban J connectivity index is 1.77. The molecule has 1 aromatic carbocycles. The number of benzene rings is 1. The second-order valence-electron chi connectivity index (χ2n) is 7.11. The number of amides is 1. The van der Waals surface area contributed by atoms with Crippen LogP contribution in [0.2, 0.25) is 0 Å². The smallest absolute Gasteiger partial charge is 0.307 e. The topological polar surface area (TPSA) is 76.1 Å². The van der Waals surface area contributed by atoms with Crippen LogP contribution in [-0.2, 0) is 11.2 Å². The number of piperidine rings is 1. The fourth-order valence-corrected chi connectivity index (χ4v) is 4.06. The second kappa shape index (κ2) is 7.02. The molecule has 0 aromatic heterocycles. The molecule has 1 saturated heterocycles.